The van der Waals surface area contributed by atoms with Gasteiger partial charge in [0.25, 0.3) is 6.47 Å². The second-order valence-electron chi connectivity index (χ2n) is 9.73. The van der Waals surface area contributed by atoms with Gasteiger partial charge in [-0.2, -0.15) is 5.10 Å². The van der Waals surface area contributed by atoms with Crippen LogP contribution in [0.3, 0.4) is 0 Å². The third-order valence-corrected chi connectivity index (χ3v) is 5.97. The first-order chi connectivity index (χ1) is 16.9. The number of morpholine rings is 1. The SMILES string of the molecule is CC(C)(C)OC=O.Nc1ccc(-c2nc(N3CCOCC3)c3cnn(C4CCNCC4)c3n2)cc1. The van der Waals surface area contributed by atoms with E-state index in [1.54, 1.807) is 0 Å². The van der Waals surface area contributed by atoms with Crippen molar-refractivity contribution >= 4 is 29.0 Å². The summed E-state index contributed by atoms with van der Waals surface area (Å²) in [7, 11) is 0. The zero-order chi connectivity index (χ0) is 24.8. The lowest BCUT2D eigenvalue weighted by atomic mass is 10.1. The molecule has 0 saturated carbocycles. The lowest BCUT2D eigenvalue weighted by Crippen LogP contribution is -2.37. The van der Waals surface area contributed by atoms with Crippen LogP contribution in [0.15, 0.2) is 30.5 Å². The summed E-state index contributed by atoms with van der Waals surface area (Å²) in [6, 6.07) is 8.10. The number of fused-ring (bicyclic) bond motifs is 1. The zero-order valence-corrected chi connectivity index (χ0v) is 20.7. The second kappa shape index (κ2) is 11.0. The number of rotatable bonds is 4. The van der Waals surface area contributed by atoms with Crippen molar-refractivity contribution in [3.63, 3.8) is 0 Å². The normalized spacial score (nSPS) is 17.1. The lowest BCUT2D eigenvalue weighted by molar-refractivity contribution is -0.138. The van der Waals surface area contributed by atoms with E-state index in [-0.39, 0.29) is 5.60 Å². The number of carbonyl (C=O) groups excluding carboxylic acids is 1. The van der Waals surface area contributed by atoms with E-state index in [1.807, 2.05) is 51.2 Å². The molecule has 2 fully saturated rings. The van der Waals surface area contributed by atoms with E-state index in [0.29, 0.717) is 31.6 Å². The maximum Gasteiger partial charge on any atom is 0.293 e. The quantitative estimate of drug-likeness (QED) is 0.428. The van der Waals surface area contributed by atoms with Crippen LogP contribution in [0, 0.1) is 0 Å². The number of hydrogen-bond acceptors (Lipinski definition) is 9. The van der Waals surface area contributed by atoms with Crippen molar-refractivity contribution in [2.75, 3.05) is 50.0 Å². The summed E-state index contributed by atoms with van der Waals surface area (Å²) in [6.07, 6.45) is 4.05. The first kappa shape index (κ1) is 24.9. The molecule has 1 aromatic carbocycles. The van der Waals surface area contributed by atoms with Crippen molar-refractivity contribution in [3.8, 4) is 11.4 Å². The highest BCUT2D eigenvalue weighted by Gasteiger charge is 2.24. The molecule has 0 unspecified atom stereocenters. The Morgan fingerprint density at radius 3 is 2.40 bits per heavy atom. The van der Waals surface area contributed by atoms with Gasteiger partial charge in [0, 0.05) is 24.3 Å². The van der Waals surface area contributed by atoms with Crippen molar-refractivity contribution in [2.24, 2.45) is 0 Å². The van der Waals surface area contributed by atoms with E-state index in [0.717, 1.165) is 67.1 Å². The number of benzene rings is 1. The molecule has 0 radical (unpaired) electrons. The van der Waals surface area contributed by atoms with Gasteiger partial charge in [-0.3, -0.25) is 4.79 Å². The van der Waals surface area contributed by atoms with Crippen LogP contribution in [0.25, 0.3) is 22.4 Å². The monoisotopic (exact) mass is 481 g/mol. The summed E-state index contributed by atoms with van der Waals surface area (Å²) < 4.78 is 12.2. The Balaban J connectivity index is 0.000000364. The van der Waals surface area contributed by atoms with Crippen LogP contribution in [-0.4, -0.2) is 71.2 Å². The molecule has 3 N–H and O–H groups in total. The highest BCUT2D eigenvalue weighted by Crippen LogP contribution is 2.31. The number of anilines is 2. The molecule has 2 saturated heterocycles. The summed E-state index contributed by atoms with van der Waals surface area (Å²) in [6.45, 7) is 11.0. The van der Waals surface area contributed by atoms with Gasteiger partial charge in [-0.05, 0) is 71.0 Å². The molecule has 0 aliphatic carbocycles. The topological polar surface area (TPSA) is 120 Å². The van der Waals surface area contributed by atoms with Crippen molar-refractivity contribution in [1.29, 1.82) is 0 Å². The Morgan fingerprint density at radius 1 is 1.11 bits per heavy atom. The molecule has 2 aliphatic heterocycles. The highest BCUT2D eigenvalue weighted by molar-refractivity contribution is 5.89. The molecule has 5 rings (SSSR count). The Bertz CT molecular complexity index is 1110. The van der Waals surface area contributed by atoms with E-state index in [2.05, 4.69) is 19.6 Å². The first-order valence-corrected chi connectivity index (χ1v) is 12.1. The Hall–Kier alpha value is -3.24. The summed E-state index contributed by atoms with van der Waals surface area (Å²) in [5.74, 6) is 1.66. The van der Waals surface area contributed by atoms with E-state index in [1.165, 1.54) is 0 Å². The summed E-state index contributed by atoms with van der Waals surface area (Å²) in [5, 5.41) is 9.17. The van der Waals surface area contributed by atoms with Gasteiger partial charge in [-0.15, -0.1) is 0 Å². The van der Waals surface area contributed by atoms with Crippen molar-refractivity contribution in [3.05, 3.63) is 30.5 Å². The number of piperidine rings is 1. The van der Waals surface area contributed by atoms with Crippen LogP contribution in [0.4, 0.5) is 11.5 Å². The molecule has 0 spiro atoms. The Morgan fingerprint density at radius 2 is 1.80 bits per heavy atom. The minimum Gasteiger partial charge on any atom is -0.462 e. The van der Waals surface area contributed by atoms with Gasteiger partial charge >= 0.3 is 0 Å². The minimum atomic E-state index is -0.318. The molecule has 0 amide bonds. The van der Waals surface area contributed by atoms with Crippen LogP contribution >= 0.6 is 0 Å². The van der Waals surface area contributed by atoms with E-state index in [9.17, 15) is 4.79 Å². The molecule has 0 atom stereocenters. The van der Waals surface area contributed by atoms with Crippen LogP contribution in [-0.2, 0) is 14.3 Å². The summed E-state index contributed by atoms with van der Waals surface area (Å²) in [4.78, 5) is 21.8. The minimum absolute atomic E-state index is 0.318. The molecule has 3 aromatic rings. The molecule has 2 aromatic heterocycles. The maximum absolute atomic E-state index is 9.60. The molecule has 4 heterocycles. The largest absolute Gasteiger partial charge is 0.462 e. The van der Waals surface area contributed by atoms with Gasteiger partial charge < -0.3 is 25.4 Å². The number of nitrogens with two attached hydrogens (primary N) is 1. The number of nitrogen functional groups attached to an aromatic ring is 1. The van der Waals surface area contributed by atoms with Crippen LogP contribution in [0.5, 0.6) is 0 Å². The molecule has 0 bridgehead atoms. The van der Waals surface area contributed by atoms with Crippen molar-refractivity contribution in [1.82, 2.24) is 25.1 Å². The average molecular weight is 482 g/mol. The molecule has 10 nitrogen and oxygen atoms in total. The molecular weight excluding hydrogens is 446 g/mol. The fraction of sp³-hybridized carbons (Fsp3) is 0.520. The predicted molar refractivity (Wildman–Crippen MR) is 136 cm³/mol. The zero-order valence-electron chi connectivity index (χ0n) is 20.7. The summed E-state index contributed by atoms with van der Waals surface area (Å²) >= 11 is 0. The molecular formula is C25H35N7O3. The third kappa shape index (κ3) is 6.26. The molecule has 10 heteroatoms. The fourth-order valence-corrected chi connectivity index (χ4v) is 4.15. The average Bonchev–Trinajstić information content (AvgIpc) is 3.29. The van der Waals surface area contributed by atoms with Gasteiger partial charge in [-0.25, -0.2) is 14.6 Å². The Labute approximate surface area is 205 Å². The smallest absolute Gasteiger partial charge is 0.293 e. The molecule has 35 heavy (non-hydrogen) atoms. The highest BCUT2D eigenvalue weighted by atomic mass is 16.5. The lowest BCUT2D eigenvalue weighted by Gasteiger charge is -2.28. The first-order valence-electron chi connectivity index (χ1n) is 12.1. The third-order valence-electron chi connectivity index (χ3n) is 5.97. The predicted octanol–water partition coefficient (Wildman–Crippen LogP) is 2.79. The second-order valence-corrected chi connectivity index (χ2v) is 9.73. The van der Waals surface area contributed by atoms with Crippen LogP contribution < -0.4 is 16.0 Å². The maximum atomic E-state index is 9.60. The Kier molecular flexibility index (Phi) is 7.82. The number of carbonyl (C=O) groups is 1. The van der Waals surface area contributed by atoms with Gasteiger partial charge in [0.05, 0.1) is 30.8 Å². The van der Waals surface area contributed by atoms with E-state index < -0.39 is 0 Å². The number of aromatic nitrogens is 4. The molecule has 2 aliphatic rings. The van der Waals surface area contributed by atoms with Crippen molar-refractivity contribution in [2.45, 2.75) is 45.3 Å². The molecule has 188 valence electrons. The number of nitrogens with one attached hydrogen (secondary N) is 1. The number of hydrogen-bond donors (Lipinski definition) is 2. The number of ether oxygens (including phenoxy) is 2. The van der Waals surface area contributed by atoms with Crippen molar-refractivity contribution < 1.29 is 14.3 Å². The fourth-order valence-electron chi connectivity index (χ4n) is 4.15. The van der Waals surface area contributed by atoms with E-state index in [4.69, 9.17) is 25.5 Å². The summed E-state index contributed by atoms with van der Waals surface area (Å²) in [5.41, 5.74) is 8.15. The standard InChI is InChI=1S/C20H25N7O.C5H10O2/c21-15-3-1-14(2-4-15)18-24-19(26-9-11-28-12-10-26)17-13-23-27(20(17)25-18)16-5-7-22-8-6-16;1-5(2,3)7-4-6/h1-4,13,16,22H,5-12,21H2;4H,1-3H3. The van der Waals surface area contributed by atoms with Gasteiger partial charge in [-0.1, -0.05) is 0 Å². The van der Waals surface area contributed by atoms with E-state index >= 15 is 0 Å². The number of nitrogens with zero attached hydrogens (tertiary/aromatic N) is 5. The van der Waals surface area contributed by atoms with Gasteiger partial charge in [0.15, 0.2) is 11.5 Å². The van der Waals surface area contributed by atoms with Gasteiger partial charge in [0.2, 0.25) is 0 Å². The van der Waals surface area contributed by atoms with Gasteiger partial charge in [0.1, 0.15) is 11.4 Å². The van der Waals surface area contributed by atoms with Crippen LogP contribution in [0.2, 0.25) is 0 Å². The van der Waals surface area contributed by atoms with Crippen LogP contribution in [0.1, 0.15) is 39.7 Å².